The third-order valence-corrected chi connectivity index (χ3v) is 9.53. The molecule has 2 fully saturated rings. The fourth-order valence-corrected chi connectivity index (χ4v) is 6.92. The molecule has 4 heterocycles. The summed E-state index contributed by atoms with van der Waals surface area (Å²) in [5.74, 6) is -0.441. The van der Waals surface area contributed by atoms with Crippen LogP contribution in [-0.2, 0) is 6.54 Å². The molecule has 248 valence electrons. The van der Waals surface area contributed by atoms with Crippen LogP contribution in [0.5, 0.6) is 11.5 Å². The molecule has 0 aliphatic carbocycles. The van der Waals surface area contributed by atoms with Gasteiger partial charge < -0.3 is 14.4 Å². The quantitative estimate of drug-likeness (QED) is 0.140. The van der Waals surface area contributed by atoms with Gasteiger partial charge in [-0.05, 0) is 67.8 Å². The van der Waals surface area contributed by atoms with Gasteiger partial charge in [0.25, 0.3) is 5.91 Å². The van der Waals surface area contributed by atoms with E-state index in [4.69, 9.17) is 4.74 Å². The predicted octanol–water partition coefficient (Wildman–Crippen LogP) is 7.01. The number of rotatable bonds is 9. The van der Waals surface area contributed by atoms with Gasteiger partial charge in [0, 0.05) is 63.3 Å². The minimum atomic E-state index is -4.76. The van der Waals surface area contributed by atoms with Gasteiger partial charge in [-0.3, -0.25) is 19.5 Å². The van der Waals surface area contributed by atoms with E-state index in [9.17, 15) is 22.8 Å². The van der Waals surface area contributed by atoms with E-state index in [1.807, 2.05) is 30.0 Å². The molecule has 47 heavy (non-hydrogen) atoms. The normalized spacial score (nSPS) is 19.6. The average molecular weight is 671 g/mol. The Kier molecular flexibility index (Phi) is 9.74. The van der Waals surface area contributed by atoms with Crippen LogP contribution in [0.4, 0.5) is 17.6 Å². The molecule has 8 nitrogen and oxygen atoms in total. The van der Waals surface area contributed by atoms with Crippen LogP contribution in [0.15, 0.2) is 60.8 Å². The summed E-state index contributed by atoms with van der Waals surface area (Å²) >= 11 is 1.64. The number of hydrogen-bond acceptors (Lipinski definition) is 8. The number of piperidine rings is 2. The van der Waals surface area contributed by atoms with Crippen molar-refractivity contribution < 1.29 is 36.6 Å². The van der Waals surface area contributed by atoms with E-state index >= 15 is 4.39 Å². The molecule has 0 N–H and O–H groups in total. The minimum absolute atomic E-state index is 0.0105. The molecule has 1 amide bonds. The van der Waals surface area contributed by atoms with Gasteiger partial charge in [-0.2, -0.15) is 0 Å². The molecule has 0 saturated carbocycles. The fourth-order valence-electron chi connectivity index (χ4n) is 6.11. The molecule has 2 saturated heterocycles. The summed E-state index contributed by atoms with van der Waals surface area (Å²) in [5.41, 5.74) is 2.24. The largest absolute Gasteiger partial charge is 0.573 e. The van der Waals surface area contributed by atoms with Gasteiger partial charge in [-0.15, -0.1) is 24.5 Å². The van der Waals surface area contributed by atoms with Crippen LogP contribution in [-0.4, -0.2) is 76.3 Å². The zero-order valence-corrected chi connectivity index (χ0v) is 26.5. The molecule has 2 atom stereocenters. The maximum Gasteiger partial charge on any atom is 0.573 e. The predicted molar refractivity (Wildman–Crippen MR) is 168 cm³/mol. The van der Waals surface area contributed by atoms with E-state index in [1.165, 1.54) is 30.5 Å². The van der Waals surface area contributed by atoms with Crippen molar-refractivity contribution in [2.45, 2.75) is 57.8 Å². The van der Waals surface area contributed by atoms with E-state index in [0.717, 1.165) is 26.5 Å². The third kappa shape index (κ3) is 8.44. The van der Waals surface area contributed by atoms with Crippen LogP contribution in [0, 0.1) is 12.8 Å². The molecular weight excluding hydrogens is 636 g/mol. The first-order chi connectivity index (χ1) is 22.5. The Bertz CT molecular complexity index is 1710. The summed E-state index contributed by atoms with van der Waals surface area (Å²) in [7, 11) is 0. The van der Waals surface area contributed by atoms with Gasteiger partial charge in [-0.25, -0.2) is 9.37 Å². The summed E-state index contributed by atoms with van der Waals surface area (Å²) in [4.78, 5) is 38.5. The summed E-state index contributed by atoms with van der Waals surface area (Å²) in [6.07, 6.45) is -2.77. The molecule has 13 heteroatoms. The molecule has 2 aromatic carbocycles. The van der Waals surface area contributed by atoms with Gasteiger partial charge in [0.05, 0.1) is 15.2 Å². The van der Waals surface area contributed by atoms with Crippen LogP contribution in [0.2, 0.25) is 0 Å². The van der Waals surface area contributed by atoms with Gasteiger partial charge >= 0.3 is 6.36 Å². The number of aromatic nitrogens is 2. The standard InChI is InChI=1S/C34H34F4N4O4S/c1-21-40-30-17-27(7-9-32(30)47-21)45-25-11-14-42(15-12-25)33(44)29-8-4-24(18-39-29)31(43)16-23-10-13-41(20-28(23)35)19-22-2-5-26(6-3-22)46-34(36,37)38/h2-9,17-18,23,25,28H,10-16,19-20H2,1H3/t23?,28-/m1/s1. The number of thiazole rings is 1. The zero-order chi connectivity index (χ0) is 33.1. The zero-order valence-electron chi connectivity index (χ0n) is 25.7. The van der Waals surface area contributed by atoms with Crippen molar-refractivity contribution in [3.63, 3.8) is 0 Å². The Morgan fingerprint density at radius 2 is 1.72 bits per heavy atom. The fraction of sp³-hybridized carbons (Fsp3) is 0.412. The lowest BCUT2D eigenvalue weighted by atomic mass is 9.88. The van der Waals surface area contributed by atoms with Crippen molar-refractivity contribution in [1.82, 2.24) is 19.8 Å². The van der Waals surface area contributed by atoms with E-state index in [2.05, 4.69) is 14.7 Å². The van der Waals surface area contributed by atoms with Crippen molar-refractivity contribution in [1.29, 1.82) is 0 Å². The molecule has 2 aromatic heterocycles. The summed E-state index contributed by atoms with van der Waals surface area (Å²) in [6.45, 7) is 4.07. The van der Waals surface area contributed by atoms with Gasteiger partial charge in [0.2, 0.25) is 0 Å². The molecule has 2 aliphatic rings. The number of fused-ring (bicyclic) bond motifs is 1. The Morgan fingerprint density at radius 3 is 2.40 bits per heavy atom. The van der Waals surface area contributed by atoms with E-state index in [0.29, 0.717) is 51.0 Å². The maximum atomic E-state index is 15.1. The number of carbonyl (C=O) groups excluding carboxylic acids is 2. The second-order valence-electron chi connectivity index (χ2n) is 12.0. The highest BCUT2D eigenvalue weighted by Gasteiger charge is 2.33. The van der Waals surface area contributed by atoms with Crippen molar-refractivity contribution in [3.05, 3.63) is 82.6 Å². The number of Topliss-reactive ketones (excluding diaryl/α,β-unsaturated/α-hetero) is 1. The number of pyridine rings is 1. The monoisotopic (exact) mass is 670 g/mol. The van der Waals surface area contributed by atoms with Crippen LogP contribution in [0.1, 0.15) is 57.1 Å². The lowest BCUT2D eigenvalue weighted by Gasteiger charge is -2.34. The summed E-state index contributed by atoms with van der Waals surface area (Å²) in [5, 5.41) is 1.01. The lowest BCUT2D eigenvalue weighted by Crippen LogP contribution is -2.42. The number of ketones is 1. The number of likely N-dealkylation sites (tertiary alicyclic amines) is 2. The van der Waals surface area contributed by atoms with Crippen LogP contribution < -0.4 is 9.47 Å². The number of ether oxygens (including phenoxy) is 2. The lowest BCUT2D eigenvalue weighted by molar-refractivity contribution is -0.274. The van der Waals surface area contributed by atoms with Crippen LogP contribution >= 0.6 is 11.3 Å². The summed E-state index contributed by atoms with van der Waals surface area (Å²) < 4.78 is 63.4. The number of hydrogen-bond donors (Lipinski definition) is 0. The Labute approximate surface area is 273 Å². The second-order valence-corrected chi connectivity index (χ2v) is 13.3. The van der Waals surface area contributed by atoms with E-state index in [-0.39, 0.29) is 42.2 Å². The molecule has 2 aliphatic heterocycles. The Hall–Kier alpha value is -4.10. The van der Waals surface area contributed by atoms with Crippen molar-refractivity contribution in [3.8, 4) is 11.5 Å². The molecule has 0 spiro atoms. The molecule has 0 radical (unpaired) electrons. The maximum absolute atomic E-state index is 15.1. The minimum Gasteiger partial charge on any atom is -0.490 e. The highest BCUT2D eigenvalue weighted by molar-refractivity contribution is 7.18. The molecule has 1 unspecified atom stereocenters. The first kappa shape index (κ1) is 32.8. The highest BCUT2D eigenvalue weighted by Crippen LogP contribution is 2.29. The van der Waals surface area contributed by atoms with E-state index < -0.39 is 18.5 Å². The molecule has 4 aromatic rings. The first-order valence-electron chi connectivity index (χ1n) is 15.5. The van der Waals surface area contributed by atoms with Gasteiger partial charge in [0.1, 0.15) is 29.5 Å². The third-order valence-electron chi connectivity index (χ3n) is 8.57. The Balaban J connectivity index is 0.946. The van der Waals surface area contributed by atoms with E-state index in [1.54, 1.807) is 28.4 Å². The Morgan fingerprint density at radius 1 is 0.979 bits per heavy atom. The van der Waals surface area contributed by atoms with Crippen LogP contribution in [0.3, 0.4) is 0 Å². The van der Waals surface area contributed by atoms with Gasteiger partial charge in [0.15, 0.2) is 5.78 Å². The molecular formula is C34H34F4N4O4S. The van der Waals surface area contributed by atoms with Crippen LogP contribution in [0.25, 0.3) is 10.2 Å². The second kappa shape index (κ2) is 13.9. The van der Waals surface area contributed by atoms with Crippen molar-refractivity contribution in [2.75, 3.05) is 26.2 Å². The number of nitrogens with zero attached hydrogens (tertiary/aromatic N) is 4. The number of halogens is 4. The number of amides is 1. The van der Waals surface area contributed by atoms with Crippen molar-refractivity contribution in [2.24, 2.45) is 5.92 Å². The van der Waals surface area contributed by atoms with Crippen molar-refractivity contribution >= 4 is 33.2 Å². The summed E-state index contributed by atoms with van der Waals surface area (Å²) in [6, 6.07) is 14.5. The highest BCUT2D eigenvalue weighted by atomic mass is 32.1. The smallest absolute Gasteiger partial charge is 0.490 e. The van der Waals surface area contributed by atoms with Gasteiger partial charge in [-0.1, -0.05) is 12.1 Å². The average Bonchev–Trinajstić information content (AvgIpc) is 3.42. The number of aryl methyl sites for hydroxylation is 1. The number of carbonyl (C=O) groups is 2. The topological polar surface area (TPSA) is 84.9 Å². The number of alkyl halides is 4. The number of benzene rings is 2. The first-order valence-corrected chi connectivity index (χ1v) is 16.3. The molecule has 0 bridgehead atoms. The molecule has 6 rings (SSSR count). The SMILES string of the molecule is Cc1nc2cc(OC3CCN(C(=O)c4ccc(C(=O)CC5CCN(Cc6ccc(OC(F)(F)F)cc6)C[C@H]5F)cn4)CC3)ccc2s1.